The van der Waals surface area contributed by atoms with Crippen LogP contribution in [0.3, 0.4) is 0 Å². The van der Waals surface area contributed by atoms with Crippen LogP contribution in [0.5, 0.6) is 0 Å². The number of hydrogen-bond acceptors (Lipinski definition) is 5. The number of fused-ring (bicyclic) bond motifs is 2. The summed E-state index contributed by atoms with van der Waals surface area (Å²) in [5, 5.41) is 5.97. The first-order chi connectivity index (χ1) is 13.5. The number of rotatable bonds is 4. The molecule has 28 heavy (non-hydrogen) atoms. The smallest absolute Gasteiger partial charge is 0.255 e. The summed E-state index contributed by atoms with van der Waals surface area (Å²) in [6, 6.07) is 6.33. The van der Waals surface area contributed by atoms with Gasteiger partial charge in [0.2, 0.25) is 11.8 Å². The van der Waals surface area contributed by atoms with E-state index in [-0.39, 0.29) is 24.1 Å². The highest BCUT2D eigenvalue weighted by atomic mass is 16.2. The summed E-state index contributed by atoms with van der Waals surface area (Å²) in [4.78, 5) is 38.0. The Balaban J connectivity index is 1.24. The molecule has 4 N–H and O–H groups in total. The van der Waals surface area contributed by atoms with Crippen molar-refractivity contribution in [2.45, 2.75) is 63.3 Å². The molecule has 3 amide bonds. The van der Waals surface area contributed by atoms with Crippen LogP contribution >= 0.6 is 0 Å². The zero-order valence-electron chi connectivity index (χ0n) is 15.8. The standard InChI is InChI=1S/C21H26N4O3/c22-17-7-13-6-14(8-15(13)17)23-9-11-1-2-12-10-25(21(28)16(12)5-11)18-3-4-19(26)24-20(18)27/h1-2,5,13-15,17-18,23H,3-4,6-10,22H2,(H,24,26,27)/t13-,14+,15-,17+,18?/m0/s1. The van der Waals surface area contributed by atoms with Crippen LogP contribution in [0.15, 0.2) is 18.2 Å². The predicted octanol–water partition coefficient (Wildman–Crippen LogP) is 0.663. The van der Waals surface area contributed by atoms with Gasteiger partial charge in [-0.1, -0.05) is 12.1 Å². The van der Waals surface area contributed by atoms with Gasteiger partial charge in [0.25, 0.3) is 5.91 Å². The Morgan fingerprint density at radius 1 is 1.18 bits per heavy atom. The van der Waals surface area contributed by atoms with Crippen molar-refractivity contribution in [3.8, 4) is 0 Å². The van der Waals surface area contributed by atoms with Crippen molar-refractivity contribution in [1.82, 2.24) is 15.5 Å². The minimum absolute atomic E-state index is 0.115. The lowest BCUT2D eigenvalue weighted by atomic mass is 9.72. The molecule has 1 unspecified atom stereocenters. The van der Waals surface area contributed by atoms with Crippen LogP contribution in [0.1, 0.15) is 53.6 Å². The number of benzene rings is 1. The molecule has 2 aliphatic carbocycles. The van der Waals surface area contributed by atoms with Gasteiger partial charge in [-0.05, 0) is 54.7 Å². The molecule has 0 aromatic heterocycles. The third-order valence-corrected chi connectivity index (χ3v) is 7.06. The van der Waals surface area contributed by atoms with Gasteiger partial charge in [-0.3, -0.25) is 19.7 Å². The number of carbonyl (C=O) groups excluding carboxylic acids is 3. The lowest BCUT2D eigenvalue weighted by Gasteiger charge is -2.37. The second kappa shape index (κ2) is 6.67. The third kappa shape index (κ3) is 2.93. The van der Waals surface area contributed by atoms with Crippen molar-refractivity contribution in [1.29, 1.82) is 0 Å². The van der Waals surface area contributed by atoms with Gasteiger partial charge in [0.1, 0.15) is 6.04 Å². The van der Waals surface area contributed by atoms with E-state index in [1.165, 1.54) is 6.42 Å². The number of hydrogen-bond donors (Lipinski definition) is 3. The Kier molecular flexibility index (Phi) is 4.25. The molecule has 1 aromatic rings. The summed E-state index contributed by atoms with van der Waals surface area (Å²) in [6.45, 7) is 1.16. The van der Waals surface area contributed by atoms with Crippen molar-refractivity contribution < 1.29 is 14.4 Å². The van der Waals surface area contributed by atoms with E-state index in [4.69, 9.17) is 5.73 Å². The SMILES string of the molecule is N[C@@H]1C[C@@H]2C[C@@H](NCc3ccc4c(c3)C(=O)N(C3CCC(=O)NC3=O)C4)C[C@@H]21. The van der Waals surface area contributed by atoms with Crippen LogP contribution in [-0.4, -0.2) is 40.7 Å². The van der Waals surface area contributed by atoms with Crippen LogP contribution < -0.4 is 16.4 Å². The van der Waals surface area contributed by atoms with E-state index in [0.29, 0.717) is 36.5 Å². The number of nitrogens with two attached hydrogens (primary N) is 1. The Morgan fingerprint density at radius 2 is 2.04 bits per heavy atom. The predicted molar refractivity (Wildman–Crippen MR) is 102 cm³/mol. The first kappa shape index (κ1) is 17.8. The topological polar surface area (TPSA) is 105 Å². The van der Waals surface area contributed by atoms with Crippen LogP contribution in [0.4, 0.5) is 0 Å². The average molecular weight is 382 g/mol. The molecule has 148 valence electrons. The summed E-state index contributed by atoms with van der Waals surface area (Å²) in [6.07, 6.45) is 4.18. The highest BCUT2D eigenvalue weighted by Crippen LogP contribution is 2.46. The average Bonchev–Trinajstić information content (AvgIpc) is 3.17. The molecule has 5 atom stereocenters. The number of carbonyl (C=O) groups is 3. The monoisotopic (exact) mass is 382 g/mol. The van der Waals surface area contributed by atoms with Crippen molar-refractivity contribution >= 4 is 17.7 Å². The van der Waals surface area contributed by atoms with Crippen molar-refractivity contribution in [2.24, 2.45) is 17.6 Å². The van der Waals surface area contributed by atoms with Crippen LogP contribution in [-0.2, 0) is 22.7 Å². The number of piperidine rings is 1. The molecule has 1 aromatic carbocycles. The number of nitrogens with one attached hydrogen (secondary N) is 2. The molecule has 1 saturated heterocycles. The van der Waals surface area contributed by atoms with Gasteiger partial charge < -0.3 is 16.0 Å². The molecular weight excluding hydrogens is 356 g/mol. The molecule has 0 bridgehead atoms. The molecule has 7 heteroatoms. The molecule has 7 nitrogen and oxygen atoms in total. The third-order valence-electron chi connectivity index (χ3n) is 7.06. The zero-order valence-corrected chi connectivity index (χ0v) is 15.8. The van der Waals surface area contributed by atoms with Crippen molar-refractivity contribution in [3.63, 3.8) is 0 Å². The van der Waals surface area contributed by atoms with E-state index in [2.05, 4.69) is 16.7 Å². The molecule has 3 fully saturated rings. The van der Waals surface area contributed by atoms with Gasteiger partial charge in [0, 0.05) is 37.2 Å². The molecule has 0 spiro atoms. The van der Waals surface area contributed by atoms with Gasteiger partial charge in [-0.15, -0.1) is 0 Å². The first-order valence-corrected chi connectivity index (χ1v) is 10.2. The Morgan fingerprint density at radius 3 is 2.79 bits per heavy atom. The van der Waals surface area contributed by atoms with E-state index in [0.717, 1.165) is 36.4 Å². The van der Waals surface area contributed by atoms with E-state index in [1.807, 2.05) is 12.1 Å². The summed E-state index contributed by atoms with van der Waals surface area (Å²) in [5.74, 6) is 0.724. The zero-order chi connectivity index (χ0) is 19.4. The van der Waals surface area contributed by atoms with E-state index < -0.39 is 6.04 Å². The molecule has 2 heterocycles. The lowest BCUT2D eigenvalue weighted by Crippen LogP contribution is -2.52. The fourth-order valence-electron chi connectivity index (χ4n) is 5.42. The Labute approximate surface area is 164 Å². The Bertz CT molecular complexity index is 854. The van der Waals surface area contributed by atoms with Crippen LogP contribution in [0.2, 0.25) is 0 Å². The Hall–Kier alpha value is -2.25. The highest BCUT2D eigenvalue weighted by molar-refractivity contribution is 6.05. The molecular formula is C21H26N4O3. The summed E-state index contributed by atoms with van der Waals surface area (Å²) in [5.41, 5.74) is 8.79. The van der Waals surface area contributed by atoms with Gasteiger partial charge >= 0.3 is 0 Å². The maximum Gasteiger partial charge on any atom is 0.255 e. The van der Waals surface area contributed by atoms with Crippen LogP contribution in [0.25, 0.3) is 0 Å². The summed E-state index contributed by atoms with van der Waals surface area (Å²) >= 11 is 0. The second-order valence-corrected chi connectivity index (χ2v) is 8.76. The maximum atomic E-state index is 12.9. The molecule has 2 aliphatic heterocycles. The van der Waals surface area contributed by atoms with Crippen molar-refractivity contribution in [2.75, 3.05) is 0 Å². The quantitative estimate of drug-likeness (QED) is 0.664. The highest BCUT2D eigenvalue weighted by Gasteiger charge is 2.45. The lowest BCUT2D eigenvalue weighted by molar-refractivity contribution is -0.136. The number of amides is 3. The normalized spacial score (nSPS) is 34.1. The molecule has 5 rings (SSSR count). The first-order valence-electron chi connectivity index (χ1n) is 10.2. The fraction of sp³-hybridized carbons (Fsp3) is 0.571. The molecule has 4 aliphatic rings. The maximum absolute atomic E-state index is 12.9. The second-order valence-electron chi connectivity index (χ2n) is 8.76. The van der Waals surface area contributed by atoms with E-state index in [1.54, 1.807) is 4.90 Å². The van der Waals surface area contributed by atoms with Gasteiger partial charge in [-0.25, -0.2) is 0 Å². The van der Waals surface area contributed by atoms with E-state index in [9.17, 15) is 14.4 Å². The van der Waals surface area contributed by atoms with Crippen molar-refractivity contribution in [3.05, 3.63) is 34.9 Å². The van der Waals surface area contributed by atoms with Gasteiger partial charge in [0.05, 0.1) is 0 Å². The fourth-order valence-corrected chi connectivity index (χ4v) is 5.42. The molecule has 0 radical (unpaired) electrons. The van der Waals surface area contributed by atoms with E-state index >= 15 is 0 Å². The largest absolute Gasteiger partial charge is 0.327 e. The summed E-state index contributed by atoms with van der Waals surface area (Å²) < 4.78 is 0. The van der Waals surface area contributed by atoms with Crippen LogP contribution in [0, 0.1) is 11.8 Å². The van der Waals surface area contributed by atoms with Gasteiger partial charge in [0.15, 0.2) is 0 Å². The number of nitrogens with zero attached hydrogens (tertiary/aromatic N) is 1. The van der Waals surface area contributed by atoms with Gasteiger partial charge in [-0.2, -0.15) is 0 Å². The molecule has 2 saturated carbocycles. The summed E-state index contributed by atoms with van der Waals surface area (Å²) in [7, 11) is 0. The number of imide groups is 1. The minimum atomic E-state index is -0.558. The minimum Gasteiger partial charge on any atom is -0.327 e.